The fourth-order valence-electron chi connectivity index (χ4n) is 3.04. The molecular formula is C19H15F2N5O2. The maximum absolute atomic E-state index is 14.3. The molecule has 2 heterocycles. The molecule has 4 rings (SSSR count). The Kier molecular flexibility index (Phi) is 4.42. The van der Waals surface area contributed by atoms with Gasteiger partial charge in [0.1, 0.15) is 18.2 Å². The van der Waals surface area contributed by atoms with Gasteiger partial charge in [0.15, 0.2) is 5.78 Å². The predicted molar refractivity (Wildman–Crippen MR) is 95.6 cm³/mol. The fraction of sp³-hybridized carbons (Fsp3) is 0.211. The first-order chi connectivity index (χ1) is 13.4. The zero-order valence-electron chi connectivity index (χ0n) is 14.9. The van der Waals surface area contributed by atoms with Crippen LogP contribution < -0.4 is 5.32 Å². The lowest BCUT2D eigenvalue weighted by Crippen LogP contribution is -2.21. The molecule has 3 aromatic rings. The number of aromatic nitrogens is 4. The smallest absolute Gasteiger partial charge is 0.224 e. The highest BCUT2D eigenvalue weighted by Crippen LogP contribution is 2.26. The minimum Gasteiger partial charge on any atom is -0.326 e. The Labute approximate surface area is 158 Å². The molecular weight excluding hydrogens is 368 g/mol. The summed E-state index contributed by atoms with van der Waals surface area (Å²) in [5.41, 5.74) is 2.00. The summed E-state index contributed by atoms with van der Waals surface area (Å²) >= 11 is 0. The number of anilines is 1. The topological polar surface area (TPSA) is 89.8 Å². The van der Waals surface area contributed by atoms with Crippen molar-refractivity contribution >= 4 is 17.4 Å². The highest BCUT2D eigenvalue weighted by Gasteiger charge is 2.21. The van der Waals surface area contributed by atoms with Crippen LogP contribution in [0.15, 0.2) is 30.3 Å². The van der Waals surface area contributed by atoms with Crippen molar-refractivity contribution in [1.29, 1.82) is 0 Å². The van der Waals surface area contributed by atoms with Crippen molar-refractivity contribution < 1.29 is 18.4 Å². The number of aryl methyl sites for hydroxylation is 2. The van der Waals surface area contributed by atoms with Gasteiger partial charge in [-0.25, -0.2) is 8.78 Å². The van der Waals surface area contributed by atoms with Crippen LogP contribution in [0.1, 0.15) is 27.9 Å². The van der Waals surface area contributed by atoms with Gasteiger partial charge in [-0.3, -0.25) is 9.59 Å². The molecule has 0 fully saturated rings. The number of hydrogen-bond donors (Lipinski definition) is 1. The van der Waals surface area contributed by atoms with Crippen molar-refractivity contribution in [3.8, 4) is 11.4 Å². The summed E-state index contributed by atoms with van der Waals surface area (Å²) in [6, 6.07) is 7.01. The van der Waals surface area contributed by atoms with Crippen LogP contribution in [0.2, 0.25) is 0 Å². The molecule has 1 aliphatic heterocycles. The molecule has 2 aromatic carbocycles. The number of benzene rings is 2. The molecule has 28 heavy (non-hydrogen) atoms. The minimum atomic E-state index is -0.722. The van der Waals surface area contributed by atoms with Crippen molar-refractivity contribution in [2.45, 2.75) is 26.3 Å². The van der Waals surface area contributed by atoms with Crippen molar-refractivity contribution in [3.05, 3.63) is 58.7 Å². The summed E-state index contributed by atoms with van der Waals surface area (Å²) in [5, 5.41) is 14.4. The van der Waals surface area contributed by atoms with E-state index >= 15 is 0 Å². The number of halogens is 2. The zero-order valence-corrected chi connectivity index (χ0v) is 14.9. The molecule has 0 spiro atoms. The summed E-state index contributed by atoms with van der Waals surface area (Å²) in [4.78, 5) is 25.0. The Hall–Kier alpha value is -3.49. The van der Waals surface area contributed by atoms with Crippen molar-refractivity contribution in [2.75, 3.05) is 5.32 Å². The molecule has 9 heteroatoms. The van der Waals surface area contributed by atoms with E-state index < -0.39 is 11.6 Å². The van der Waals surface area contributed by atoms with Crippen LogP contribution in [0.4, 0.5) is 14.5 Å². The Balaban J connectivity index is 1.55. The summed E-state index contributed by atoms with van der Waals surface area (Å²) in [6.45, 7) is 1.32. The maximum Gasteiger partial charge on any atom is 0.224 e. The van der Waals surface area contributed by atoms with Crippen LogP contribution in [-0.2, 0) is 17.8 Å². The second kappa shape index (κ2) is 6.91. The van der Waals surface area contributed by atoms with E-state index in [1.807, 2.05) is 0 Å². The first-order valence-electron chi connectivity index (χ1n) is 8.60. The van der Waals surface area contributed by atoms with Gasteiger partial charge < -0.3 is 5.32 Å². The molecule has 0 aliphatic carbocycles. The predicted octanol–water partition coefficient (Wildman–Crippen LogP) is 2.69. The highest BCUT2D eigenvalue weighted by molar-refractivity contribution is 5.99. The SMILES string of the molecule is Cc1cc(-c2nnn(CC(=O)c3cc4c(cc3F)NC(=O)CC4)n2)ccc1F. The number of ketones is 1. The number of nitrogens with one attached hydrogen (secondary N) is 1. The van der Waals surface area contributed by atoms with E-state index in [2.05, 4.69) is 20.7 Å². The van der Waals surface area contributed by atoms with Gasteiger partial charge in [-0.15, -0.1) is 10.2 Å². The first-order valence-corrected chi connectivity index (χ1v) is 8.60. The average molecular weight is 383 g/mol. The number of fused-ring (bicyclic) bond motifs is 1. The van der Waals surface area contributed by atoms with Crippen molar-refractivity contribution in [2.24, 2.45) is 0 Å². The molecule has 1 amide bonds. The number of carbonyl (C=O) groups excluding carboxylic acids is 2. The Bertz CT molecular complexity index is 1110. The van der Waals surface area contributed by atoms with Crippen LogP contribution in [0.25, 0.3) is 11.4 Å². The number of tetrazole rings is 1. The summed E-state index contributed by atoms with van der Waals surface area (Å²) in [6.07, 6.45) is 0.731. The maximum atomic E-state index is 14.3. The molecule has 0 saturated heterocycles. The van der Waals surface area contributed by atoms with Gasteiger partial charge in [0.2, 0.25) is 11.7 Å². The average Bonchev–Trinajstić information content (AvgIpc) is 3.11. The van der Waals surface area contributed by atoms with Gasteiger partial charge in [-0.2, -0.15) is 4.80 Å². The van der Waals surface area contributed by atoms with Gasteiger partial charge in [0.05, 0.1) is 5.56 Å². The number of Topliss-reactive ketones (excluding diaryl/α,β-unsaturated/α-hetero) is 1. The van der Waals surface area contributed by atoms with E-state index in [-0.39, 0.29) is 36.1 Å². The number of carbonyl (C=O) groups is 2. The van der Waals surface area contributed by atoms with E-state index in [1.54, 1.807) is 13.0 Å². The van der Waals surface area contributed by atoms with E-state index in [4.69, 9.17) is 0 Å². The van der Waals surface area contributed by atoms with Gasteiger partial charge in [-0.1, -0.05) is 0 Å². The lowest BCUT2D eigenvalue weighted by Gasteiger charge is -2.17. The third-order valence-corrected chi connectivity index (χ3v) is 4.54. The van der Waals surface area contributed by atoms with E-state index in [9.17, 15) is 18.4 Å². The second-order valence-electron chi connectivity index (χ2n) is 6.57. The Morgan fingerprint density at radius 1 is 1.18 bits per heavy atom. The van der Waals surface area contributed by atoms with Crippen LogP contribution >= 0.6 is 0 Å². The van der Waals surface area contributed by atoms with E-state index in [1.165, 1.54) is 18.2 Å². The molecule has 7 nitrogen and oxygen atoms in total. The Morgan fingerprint density at radius 3 is 2.79 bits per heavy atom. The standard InChI is InChI=1S/C19H15F2N5O2/c1-10-6-12(2-4-14(10)20)19-23-25-26(24-19)9-17(27)13-7-11-3-5-18(28)22-16(11)8-15(13)21/h2,4,6-8H,3,5,9H2,1H3,(H,22,28). The number of amides is 1. The summed E-state index contributed by atoms with van der Waals surface area (Å²) in [7, 11) is 0. The molecule has 0 radical (unpaired) electrons. The second-order valence-corrected chi connectivity index (χ2v) is 6.57. The number of rotatable bonds is 4. The third kappa shape index (κ3) is 3.38. The summed E-state index contributed by atoms with van der Waals surface area (Å²) in [5.74, 6) is -1.52. The molecule has 1 aliphatic rings. The van der Waals surface area contributed by atoms with Crippen molar-refractivity contribution in [1.82, 2.24) is 20.2 Å². The monoisotopic (exact) mass is 383 g/mol. The largest absolute Gasteiger partial charge is 0.326 e. The zero-order chi connectivity index (χ0) is 19.8. The fourth-order valence-corrected chi connectivity index (χ4v) is 3.04. The first kappa shape index (κ1) is 17.9. The normalized spacial score (nSPS) is 13.2. The van der Waals surface area contributed by atoms with Crippen LogP contribution in [-0.4, -0.2) is 31.9 Å². The van der Waals surface area contributed by atoms with Gasteiger partial charge in [-0.05, 0) is 60.0 Å². The van der Waals surface area contributed by atoms with Gasteiger partial charge in [0.25, 0.3) is 0 Å². The Morgan fingerprint density at radius 2 is 2.00 bits per heavy atom. The molecule has 0 atom stereocenters. The number of nitrogens with zero attached hydrogens (tertiary/aromatic N) is 4. The van der Waals surface area contributed by atoms with Crippen LogP contribution in [0.5, 0.6) is 0 Å². The molecule has 0 saturated carbocycles. The van der Waals surface area contributed by atoms with Gasteiger partial charge >= 0.3 is 0 Å². The molecule has 0 bridgehead atoms. The minimum absolute atomic E-state index is 0.0913. The highest BCUT2D eigenvalue weighted by atomic mass is 19.1. The number of hydrogen-bond acceptors (Lipinski definition) is 5. The van der Waals surface area contributed by atoms with E-state index in [0.717, 1.165) is 10.9 Å². The lowest BCUT2D eigenvalue weighted by atomic mass is 9.98. The van der Waals surface area contributed by atoms with Crippen molar-refractivity contribution in [3.63, 3.8) is 0 Å². The van der Waals surface area contributed by atoms with Crippen LogP contribution in [0, 0.1) is 18.6 Å². The van der Waals surface area contributed by atoms with Gasteiger partial charge in [0, 0.05) is 17.7 Å². The van der Waals surface area contributed by atoms with Crippen LogP contribution in [0.3, 0.4) is 0 Å². The molecule has 1 aromatic heterocycles. The molecule has 142 valence electrons. The molecule has 1 N–H and O–H groups in total. The lowest BCUT2D eigenvalue weighted by molar-refractivity contribution is -0.116. The quantitative estimate of drug-likeness (QED) is 0.700. The third-order valence-electron chi connectivity index (χ3n) is 4.54. The summed E-state index contributed by atoms with van der Waals surface area (Å²) < 4.78 is 27.7. The molecule has 0 unspecified atom stereocenters. The van der Waals surface area contributed by atoms with E-state index in [0.29, 0.717) is 28.8 Å².